The molecule has 2 rings (SSSR count). The third kappa shape index (κ3) is 1.48. The van der Waals surface area contributed by atoms with E-state index in [9.17, 15) is 4.79 Å². The van der Waals surface area contributed by atoms with Crippen LogP contribution < -0.4 is 5.73 Å². The lowest BCUT2D eigenvalue weighted by atomic mass is 10.3. The van der Waals surface area contributed by atoms with Gasteiger partial charge in [0, 0.05) is 12.3 Å². The lowest BCUT2D eigenvalue weighted by molar-refractivity contribution is 0.0601. The summed E-state index contributed by atoms with van der Waals surface area (Å²) in [6, 6.07) is 1.83. The van der Waals surface area contributed by atoms with E-state index in [0.29, 0.717) is 5.65 Å². The van der Waals surface area contributed by atoms with Gasteiger partial charge in [-0.1, -0.05) is 6.92 Å². The van der Waals surface area contributed by atoms with Crippen molar-refractivity contribution in [1.82, 2.24) is 14.6 Å². The summed E-state index contributed by atoms with van der Waals surface area (Å²) in [5.74, 6) is -0.267. The first-order chi connectivity index (χ1) is 7.67. The SMILES string of the molecule is CCc1cc2ncc(C(=O)OC)c(N)n2n1. The molecule has 0 bridgehead atoms. The molecular formula is C10H12N4O2. The molecule has 16 heavy (non-hydrogen) atoms. The molecule has 0 saturated heterocycles. The molecule has 0 atom stereocenters. The van der Waals surface area contributed by atoms with E-state index in [1.54, 1.807) is 0 Å². The fourth-order valence-corrected chi connectivity index (χ4v) is 1.44. The summed E-state index contributed by atoms with van der Waals surface area (Å²) in [6.45, 7) is 1.99. The Morgan fingerprint density at radius 1 is 1.62 bits per heavy atom. The summed E-state index contributed by atoms with van der Waals surface area (Å²) in [5, 5.41) is 4.23. The maximum atomic E-state index is 11.4. The van der Waals surface area contributed by atoms with Crippen molar-refractivity contribution in [2.45, 2.75) is 13.3 Å². The summed E-state index contributed by atoms with van der Waals surface area (Å²) in [5.41, 5.74) is 7.55. The highest BCUT2D eigenvalue weighted by atomic mass is 16.5. The van der Waals surface area contributed by atoms with Gasteiger partial charge in [0.05, 0.1) is 12.8 Å². The zero-order valence-corrected chi connectivity index (χ0v) is 9.10. The predicted molar refractivity (Wildman–Crippen MR) is 58.1 cm³/mol. The maximum absolute atomic E-state index is 11.4. The van der Waals surface area contributed by atoms with Crippen LogP contribution in [0.1, 0.15) is 23.0 Å². The van der Waals surface area contributed by atoms with Crippen molar-refractivity contribution < 1.29 is 9.53 Å². The molecule has 2 N–H and O–H groups in total. The van der Waals surface area contributed by atoms with Gasteiger partial charge in [0.15, 0.2) is 5.65 Å². The standard InChI is InChI=1S/C10H12N4O2/c1-3-6-4-8-12-5-7(10(15)16-2)9(11)14(8)13-6/h4-5H,3,11H2,1-2H3. The first-order valence-corrected chi connectivity index (χ1v) is 4.88. The Labute approximate surface area is 92.0 Å². The lowest BCUT2D eigenvalue weighted by Gasteiger charge is -2.04. The van der Waals surface area contributed by atoms with Crippen molar-refractivity contribution in [3.05, 3.63) is 23.5 Å². The summed E-state index contributed by atoms with van der Waals surface area (Å²) in [6.07, 6.45) is 2.19. The van der Waals surface area contributed by atoms with Crippen LogP contribution >= 0.6 is 0 Å². The zero-order valence-electron chi connectivity index (χ0n) is 9.10. The van der Waals surface area contributed by atoms with Gasteiger partial charge >= 0.3 is 5.97 Å². The zero-order chi connectivity index (χ0) is 11.7. The van der Waals surface area contributed by atoms with Crippen LogP contribution in [0.25, 0.3) is 5.65 Å². The number of hydrogen-bond donors (Lipinski definition) is 1. The molecule has 0 fully saturated rings. The summed E-state index contributed by atoms with van der Waals surface area (Å²) < 4.78 is 6.05. The van der Waals surface area contributed by atoms with Gasteiger partial charge in [-0.05, 0) is 6.42 Å². The van der Waals surface area contributed by atoms with Crippen molar-refractivity contribution in [3.63, 3.8) is 0 Å². The van der Waals surface area contributed by atoms with E-state index < -0.39 is 5.97 Å². The number of methoxy groups -OCH3 is 1. The van der Waals surface area contributed by atoms with E-state index in [0.717, 1.165) is 12.1 Å². The highest BCUT2D eigenvalue weighted by Gasteiger charge is 2.14. The maximum Gasteiger partial charge on any atom is 0.343 e. The monoisotopic (exact) mass is 220 g/mol. The first-order valence-electron chi connectivity index (χ1n) is 4.88. The van der Waals surface area contributed by atoms with E-state index in [1.165, 1.54) is 17.8 Å². The van der Waals surface area contributed by atoms with E-state index in [4.69, 9.17) is 5.73 Å². The minimum atomic E-state index is -0.513. The number of nitrogen functional groups attached to an aromatic ring is 1. The van der Waals surface area contributed by atoms with Gasteiger partial charge in [0.1, 0.15) is 11.4 Å². The second-order valence-electron chi connectivity index (χ2n) is 3.31. The molecule has 84 valence electrons. The second-order valence-corrected chi connectivity index (χ2v) is 3.31. The average Bonchev–Trinajstić information content (AvgIpc) is 2.72. The number of aryl methyl sites for hydroxylation is 1. The van der Waals surface area contributed by atoms with Crippen molar-refractivity contribution in [3.8, 4) is 0 Å². The number of esters is 1. The smallest absolute Gasteiger partial charge is 0.343 e. The Kier molecular flexibility index (Phi) is 2.47. The molecule has 0 aromatic carbocycles. The summed E-state index contributed by atoms with van der Waals surface area (Å²) >= 11 is 0. The van der Waals surface area contributed by atoms with Crippen LogP contribution in [0.5, 0.6) is 0 Å². The minimum Gasteiger partial charge on any atom is -0.465 e. The highest BCUT2D eigenvalue weighted by molar-refractivity contribution is 5.94. The fraction of sp³-hybridized carbons (Fsp3) is 0.300. The van der Waals surface area contributed by atoms with E-state index >= 15 is 0 Å². The molecule has 0 saturated carbocycles. The van der Waals surface area contributed by atoms with Gasteiger partial charge in [-0.3, -0.25) is 0 Å². The van der Waals surface area contributed by atoms with Crippen LogP contribution in [0, 0.1) is 0 Å². The number of aromatic nitrogens is 3. The molecule has 0 radical (unpaired) electrons. The summed E-state index contributed by atoms with van der Waals surface area (Å²) in [7, 11) is 1.30. The topological polar surface area (TPSA) is 82.5 Å². The molecule has 2 heterocycles. The third-order valence-electron chi connectivity index (χ3n) is 2.34. The van der Waals surface area contributed by atoms with Crippen molar-refractivity contribution in [2.75, 3.05) is 12.8 Å². The lowest BCUT2D eigenvalue weighted by Crippen LogP contribution is -2.11. The van der Waals surface area contributed by atoms with Crippen LogP contribution in [0.3, 0.4) is 0 Å². The largest absolute Gasteiger partial charge is 0.465 e. The molecule has 0 unspecified atom stereocenters. The van der Waals surface area contributed by atoms with Crippen molar-refractivity contribution in [1.29, 1.82) is 0 Å². The number of hydrogen-bond acceptors (Lipinski definition) is 5. The van der Waals surface area contributed by atoms with Crippen LogP contribution in [0.2, 0.25) is 0 Å². The number of nitrogens with zero attached hydrogens (tertiary/aromatic N) is 3. The molecule has 0 aliphatic heterocycles. The predicted octanol–water partition coefficient (Wildman–Crippen LogP) is 0.660. The second kappa shape index (κ2) is 3.80. The number of carbonyl (C=O) groups is 1. The van der Waals surface area contributed by atoms with E-state index in [2.05, 4.69) is 14.8 Å². The van der Waals surface area contributed by atoms with Crippen LogP contribution in [0.15, 0.2) is 12.3 Å². The quantitative estimate of drug-likeness (QED) is 0.752. The Bertz CT molecular complexity index is 547. The Morgan fingerprint density at radius 3 is 3.00 bits per heavy atom. The van der Waals surface area contributed by atoms with Crippen LogP contribution in [0.4, 0.5) is 5.82 Å². The molecule has 2 aromatic heterocycles. The average molecular weight is 220 g/mol. The molecule has 0 aliphatic rings. The van der Waals surface area contributed by atoms with E-state index in [-0.39, 0.29) is 11.4 Å². The van der Waals surface area contributed by atoms with Gasteiger partial charge in [-0.15, -0.1) is 0 Å². The molecule has 6 heteroatoms. The highest BCUT2D eigenvalue weighted by Crippen LogP contribution is 2.14. The minimum absolute atomic E-state index is 0.223. The molecule has 0 spiro atoms. The molecule has 0 amide bonds. The molecule has 6 nitrogen and oxygen atoms in total. The Morgan fingerprint density at radius 2 is 2.38 bits per heavy atom. The fourth-order valence-electron chi connectivity index (χ4n) is 1.44. The van der Waals surface area contributed by atoms with Crippen LogP contribution in [-0.4, -0.2) is 27.7 Å². The van der Waals surface area contributed by atoms with Gasteiger partial charge in [-0.2, -0.15) is 9.61 Å². The third-order valence-corrected chi connectivity index (χ3v) is 2.34. The van der Waals surface area contributed by atoms with Gasteiger partial charge in [-0.25, -0.2) is 9.78 Å². The number of rotatable bonds is 2. The van der Waals surface area contributed by atoms with E-state index in [1.807, 2.05) is 13.0 Å². The number of fused-ring (bicyclic) bond motifs is 1. The Balaban J connectivity index is 2.64. The molecular weight excluding hydrogens is 208 g/mol. The number of nitrogens with two attached hydrogens (primary N) is 1. The van der Waals surface area contributed by atoms with Crippen LogP contribution in [-0.2, 0) is 11.2 Å². The number of carbonyl (C=O) groups excluding carboxylic acids is 1. The van der Waals surface area contributed by atoms with Gasteiger partial charge in [0.2, 0.25) is 0 Å². The number of ether oxygens (including phenoxy) is 1. The molecule has 2 aromatic rings. The van der Waals surface area contributed by atoms with Gasteiger partial charge in [0.25, 0.3) is 0 Å². The van der Waals surface area contributed by atoms with Crippen molar-refractivity contribution in [2.24, 2.45) is 0 Å². The summed E-state index contributed by atoms with van der Waals surface area (Å²) in [4.78, 5) is 15.5. The normalized spacial score (nSPS) is 10.6. The first kappa shape index (κ1) is 10.4. The van der Waals surface area contributed by atoms with Crippen molar-refractivity contribution >= 4 is 17.4 Å². The Hall–Kier alpha value is -2.11. The molecule has 0 aliphatic carbocycles. The van der Waals surface area contributed by atoms with Gasteiger partial charge < -0.3 is 10.5 Å². The number of anilines is 1.